The molecule has 1 N–H and O–H groups in total. The van der Waals surface area contributed by atoms with Crippen molar-refractivity contribution in [2.24, 2.45) is 0 Å². The molecule has 0 aliphatic rings. The number of nitrogens with one attached hydrogen (secondary N) is 1. The highest BCUT2D eigenvalue weighted by Crippen LogP contribution is 2.35. The topological polar surface area (TPSA) is 55.1 Å². The van der Waals surface area contributed by atoms with E-state index in [1.54, 1.807) is 0 Å². The van der Waals surface area contributed by atoms with Crippen LogP contribution in [-0.2, 0) is 4.79 Å². The Kier molecular flexibility index (Phi) is 6.00. The van der Waals surface area contributed by atoms with Crippen molar-refractivity contribution in [3.8, 4) is 22.6 Å². The van der Waals surface area contributed by atoms with Crippen molar-refractivity contribution in [2.75, 3.05) is 11.1 Å². The molecule has 0 aliphatic carbocycles. The van der Waals surface area contributed by atoms with Gasteiger partial charge in [-0.3, -0.25) is 4.79 Å². The average molecular weight is 415 g/mol. The molecule has 0 saturated heterocycles. The second-order valence-corrected chi connectivity index (χ2v) is 7.95. The normalized spacial score (nSPS) is 10.7. The second kappa shape index (κ2) is 9.01. The molecule has 0 spiro atoms. The third-order valence-corrected chi connectivity index (χ3v) is 5.64. The minimum Gasteiger partial charge on any atom is -0.431 e. The minimum absolute atomic E-state index is 0.0935. The number of nitrogens with zero attached hydrogens (tertiary/aromatic N) is 1. The molecule has 3 aromatic carbocycles. The molecular weight excluding hydrogens is 392 g/mol. The quantitative estimate of drug-likeness (QED) is 0.373. The zero-order chi connectivity index (χ0) is 20.9. The Morgan fingerprint density at radius 1 is 0.900 bits per heavy atom. The zero-order valence-electron chi connectivity index (χ0n) is 16.9. The van der Waals surface area contributed by atoms with Crippen LogP contribution in [0, 0.1) is 13.8 Å². The molecule has 0 fully saturated rings. The molecule has 0 aliphatic heterocycles. The van der Waals surface area contributed by atoms with Crippen LogP contribution >= 0.6 is 11.8 Å². The highest BCUT2D eigenvalue weighted by Gasteiger charge is 2.18. The molecule has 1 aromatic heterocycles. The number of anilines is 1. The van der Waals surface area contributed by atoms with Crippen molar-refractivity contribution in [3.05, 3.63) is 90.0 Å². The van der Waals surface area contributed by atoms with E-state index in [4.69, 9.17) is 4.42 Å². The van der Waals surface area contributed by atoms with Crippen molar-refractivity contribution >= 4 is 23.4 Å². The zero-order valence-corrected chi connectivity index (χ0v) is 17.7. The van der Waals surface area contributed by atoms with Crippen LogP contribution in [0.25, 0.3) is 22.6 Å². The van der Waals surface area contributed by atoms with Gasteiger partial charge in [0, 0.05) is 16.8 Å². The van der Waals surface area contributed by atoms with Crippen LogP contribution in [-0.4, -0.2) is 16.6 Å². The summed E-state index contributed by atoms with van der Waals surface area (Å²) in [6.45, 7) is 4.08. The molecule has 30 heavy (non-hydrogen) atoms. The minimum atomic E-state index is -0.0935. The summed E-state index contributed by atoms with van der Waals surface area (Å²) in [4.78, 5) is 17.1. The maximum absolute atomic E-state index is 12.4. The van der Waals surface area contributed by atoms with E-state index in [0.717, 1.165) is 28.1 Å². The molecule has 1 amide bonds. The van der Waals surface area contributed by atoms with Gasteiger partial charge in [-0.05, 0) is 37.1 Å². The van der Waals surface area contributed by atoms with E-state index in [0.29, 0.717) is 11.0 Å². The number of carbonyl (C=O) groups excluding carboxylic acids is 1. The van der Waals surface area contributed by atoms with Crippen molar-refractivity contribution in [2.45, 2.75) is 19.1 Å². The van der Waals surface area contributed by atoms with E-state index in [1.165, 1.54) is 17.3 Å². The van der Waals surface area contributed by atoms with Crippen molar-refractivity contribution in [1.29, 1.82) is 0 Å². The molecule has 0 atom stereocenters. The van der Waals surface area contributed by atoms with Crippen LogP contribution in [0.5, 0.6) is 0 Å². The lowest BCUT2D eigenvalue weighted by Crippen LogP contribution is -2.14. The number of aromatic nitrogens is 1. The van der Waals surface area contributed by atoms with E-state index >= 15 is 0 Å². The summed E-state index contributed by atoms with van der Waals surface area (Å²) in [5.74, 6) is 0.832. The Balaban J connectivity index is 1.52. The lowest BCUT2D eigenvalue weighted by atomic mass is 10.1. The molecule has 0 bridgehead atoms. The van der Waals surface area contributed by atoms with Crippen LogP contribution in [0.4, 0.5) is 5.69 Å². The number of rotatable bonds is 6. The van der Waals surface area contributed by atoms with Crippen molar-refractivity contribution < 1.29 is 9.21 Å². The number of hydrogen-bond acceptors (Lipinski definition) is 4. The molecule has 0 radical (unpaired) electrons. The molecule has 1 heterocycles. The number of aryl methyl sites for hydroxylation is 2. The SMILES string of the molecule is Cc1ccc(NC(=O)CSc2nc(-c3ccccc3)c(-c3ccccc3)o2)cc1C. The molecule has 0 unspecified atom stereocenters. The van der Waals surface area contributed by atoms with Gasteiger partial charge in [-0.2, -0.15) is 0 Å². The van der Waals surface area contributed by atoms with Gasteiger partial charge < -0.3 is 9.73 Å². The third kappa shape index (κ3) is 4.63. The van der Waals surface area contributed by atoms with Gasteiger partial charge in [-0.25, -0.2) is 4.98 Å². The summed E-state index contributed by atoms with van der Waals surface area (Å²) in [5, 5.41) is 3.41. The van der Waals surface area contributed by atoms with Gasteiger partial charge in [0.25, 0.3) is 5.22 Å². The van der Waals surface area contributed by atoms with Crippen LogP contribution in [0.15, 0.2) is 88.5 Å². The molecule has 4 rings (SSSR count). The first-order valence-electron chi connectivity index (χ1n) is 9.72. The summed E-state index contributed by atoms with van der Waals surface area (Å²) >= 11 is 1.29. The predicted octanol–water partition coefficient (Wildman–Crippen LogP) is 6.36. The maximum atomic E-state index is 12.4. The molecule has 5 heteroatoms. The fourth-order valence-electron chi connectivity index (χ4n) is 3.08. The summed E-state index contributed by atoms with van der Waals surface area (Å²) in [6, 6.07) is 25.7. The van der Waals surface area contributed by atoms with Gasteiger partial charge in [0.1, 0.15) is 5.69 Å². The molecular formula is C25H22N2O2S. The number of amides is 1. The number of hydrogen-bond donors (Lipinski definition) is 1. The standard InChI is InChI=1S/C25H22N2O2S/c1-17-13-14-21(15-18(17)2)26-22(28)16-30-25-27-23(19-9-5-3-6-10-19)24(29-25)20-11-7-4-8-12-20/h3-15H,16H2,1-2H3,(H,26,28). The smallest absolute Gasteiger partial charge is 0.257 e. The highest BCUT2D eigenvalue weighted by molar-refractivity contribution is 7.99. The van der Waals surface area contributed by atoms with E-state index < -0.39 is 0 Å². The van der Waals surface area contributed by atoms with Gasteiger partial charge in [0.2, 0.25) is 5.91 Å². The van der Waals surface area contributed by atoms with Gasteiger partial charge in [0.15, 0.2) is 5.76 Å². The Morgan fingerprint density at radius 3 is 2.23 bits per heavy atom. The molecule has 150 valence electrons. The number of benzene rings is 3. The number of thioether (sulfide) groups is 1. The first kappa shape index (κ1) is 20.0. The molecule has 4 aromatic rings. The number of carbonyl (C=O) groups is 1. The lowest BCUT2D eigenvalue weighted by Gasteiger charge is -2.06. The summed E-state index contributed by atoms with van der Waals surface area (Å²) in [5.41, 5.74) is 5.85. The Hall–Kier alpha value is -3.31. The first-order chi connectivity index (χ1) is 14.6. The van der Waals surface area contributed by atoms with Gasteiger partial charge in [-0.1, -0.05) is 78.5 Å². The van der Waals surface area contributed by atoms with Crippen LogP contribution < -0.4 is 5.32 Å². The third-order valence-electron chi connectivity index (χ3n) is 4.81. The van der Waals surface area contributed by atoms with E-state index in [-0.39, 0.29) is 11.7 Å². The first-order valence-corrected chi connectivity index (χ1v) is 10.7. The fraction of sp³-hybridized carbons (Fsp3) is 0.120. The van der Waals surface area contributed by atoms with Crippen molar-refractivity contribution in [1.82, 2.24) is 4.98 Å². The van der Waals surface area contributed by atoms with Crippen molar-refractivity contribution in [3.63, 3.8) is 0 Å². The Labute approximate surface area is 180 Å². The summed E-state index contributed by atoms with van der Waals surface area (Å²) < 4.78 is 6.06. The lowest BCUT2D eigenvalue weighted by molar-refractivity contribution is -0.113. The van der Waals surface area contributed by atoms with Crippen LogP contribution in [0.1, 0.15) is 11.1 Å². The van der Waals surface area contributed by atoms with Gasteiger partial charge in [-0.15, -0.1) is 0 Å². The molecule has 4 nitrogen and oxygen atoms in total. The maximum Gasteiger partial charge on any atom is 0.257 e. The molecule has 0 saturated carbocycles. The van der Waals surface area contributed by atoms with Crippen LogP contribution in [0.3, 0.4) is 0 Å². The Morgan fingerprint density at radius 2 is 1.57 bits per heavy atom. The summed E-state index contributed by atoms with van der Waals surface area (Å²) in [6.07, 6.45) is 0. The largest absolute Gasteiger partial charge is 0.431 e. The van der Waals surface area contributed by atoms with Gasteiger partial charge in [0.05, 0.1) is 5.75 Å². The second-order valence-electron chi connectivity index (χ2n) is 7.03. The number of oxazole rings is 1. The monoisotopic (exact) mass is 414 g/mol. The van der Waals surface area contributed by atoms with Crippen LogP contribution in [0.2, 0.25) is 0 Å². The van der Waals surface area contributed by atoms with E-state index in [9.17, 15) is 4.79 Å². The predicted molar refractivity (Wildman–Crippen MR) is 123 cm³/mol. The summed E-state index contributed by atoms with van der Waals surface area (Å²) in [7, 11) is 0. The average Bonchev–Trinajstić information content (AvgIpc) is 3.21. The van der Waals surface area contributed by atoms with E-state index in [2.05, 4.69) is 10.3 Å². The van der Waals surface area contributed by atoms with E-state index in [1.807, 2.05) is 92.7 Å². The Bertz CT molecular complexity index is 1100. The van der Waals surface area contributed by atoms with Gasteiger partial charge >= 0.3 is 0 Å². The fourth-order valence-corrected chi connectivity index (χ4v) is 3.71. The highest BCUT2D eigenvalue weighted by atomic mass is 32.2.